The van der Waals surface area contributed by atoms with Crippen LogP contribution in [0.15, 0.2) is 249 Å². The van der Waals surface area contributed by atoms with E-state index in [9.17, 15) is 0 Å². The predicted octanol–water partition coefficient (Wildman–Crippen LogP) is 16.1. The number of rotatable bonds is 8. The van der Waals surface area contributed by atoms with Crippen LogP contribution in [-0.4, -0.2) is 24.1 Å². The average Bonchev–Trinajstić information content (AvgIpc) is 3.92. The number of fused-ring (bicyclic) bond motifs is 6. The van der Waals surface area contributed by atoms with Gasteiger partial charge in [-0.25, -0.2) is 4.98 Å². The third-order valence-electron chi connectivity index (χ3n) is 13.2. The highest BCUT2D eigenvalue weighted by Crippen LogP contribution is 2.42. The van der Waals surface area contributed by atoms with Crippen molar-refractivity contribution in [1.82, 2.24) is 24.1 Å². The van der Waals surface area contributed by atoms with Crippen molar-refractivity contribution in [2.75, 3.05) is 0 Å². The van der Waals surface area contributed by atoms with Crippen molar-refractivity contribution in [3.05, 3.63) is 249 Å². The van der Waals surface area contributed by atoms with Crippen molar-refractivity contribution in [2.24, 2.45) is 0 Å². The molecule has 5 nitrogen and oxygen atoms in total. The van der Waals surface area contributed by atoms with E-state index in [1.165, 1.54) is 22.3 Å². The molecule has 318 valence electrons. The van der Waals surface area contributed by atoms with E-state index >= 15 is 0 Å². The molecule has 0 atom stereocenters. The Kier molecular flexibility index (Phi) is 9.43. The van der Waals surface area contributed by atoms with Crippen molar-refractivity contribution in [3.63, 3.8) is 0 Å². The molecule has 68 heavy (non-hydrogen) atoms. The highest BCUT2D eigenvalue weighted by molar-refractivity contribution is 6.19. The fourth-order valence-corrected chi connectivity index (χ4v) is 9.93. The molecular weight excluding hydrogens is 827 g/mol. The van der Waals surface area contributed by atoms with E-state index in [4.69, 9.17) is 15.0 Å². The van der Waals surface area contributed by atoms with Crippen LogP contribution in [0.4, 0.5) is 0 Å². The van der Waals surface area contributed by atoms with Crippen molar-refractivity contribution >= 4 is 43.6 Å². The first-order valence-electron chi connectivity index (χ1n) is 23.0. The summed E-state index contributed by atoms with van der Waals surface area (Å²) in [5, 5.41) is 4.54. The first kappa shape index (κ1) is 39.2. The molecule has 10 aromatic carbocycles. The fourth-order valence-electron chi connectivity index (χ4n) is 9.93. The summed E-state index contributed by atoms with van der Waals surface area (Å²) in [7, 11) is 0. The molecule has 0 aliphatic heterocycles. The Labute approximate surface area is 393 Å². The largest absolute Gasteiger partial charge is 0.309 e. The van der Waals surface area contributed by atoms with Crippen LogP contribution in [-0.2, 0) is 0 Å². The monoisotopic (exact) mass is 867 g/mol. The lowest BCUT2D eigenvalue weighted by Gasteiger charge is -2.17. The van der Waals surface area contributed by atoms with E-state index in [1.54, 1.807) is 0 Å². The van der Waals surface area contributed by atoms with Gasteiger partial charge in [-0.15, -0.1) is 0 Å². The number of para-hydroxylation sites is 2. The van der Waals surface area contributed by atoms with Crippen LogP contribution in [0.3, 0.4) is 0 Å². The van der Waals surface area contributed by atoms with Crippen LogP contribution >= 0.6 is 0 Å². The van der Waals surface area contributed by atoms with Gasteiger partial charge >= 0.3 is 0 Å². The van der Waals surface area contributed by atoms with Crippen molar-refractivity contribution in [2.45, 2.75) is 0 Å². The van der Waals surface area contributed by atoms with Crippen LogP contribution < -0.4 is 0 Å². The lowest BCUT2D eigenvalue weighted by atomic mass is 9.95. The SMILES string of the molecule is c1ccc(-c2ccc(-c3cc(-c4ccccc4)ccc3-n3c4ccccc4c4cc5c(cc43)c3ccccc3n5-c3nc(-c4ccccc4)nc(-c4cccc(-c5ccccc5)c4)n3)cc2)cc1. The van der Waals surface area contributed by atoms with Crippen LogP contribution in [0.2, 0.25) is 0 Å². The van der Waals surface area contributed by atoms with Gasteiger partial charge in [-0.2, -0.15) is 9.97 Å². The maximum atomic E-state index is 5.34. The molecule has 13 rings (SSSR count). The minimum absolute atomic E-state index is 0.561. The molecule has 0 spiro atoms. The zero-order valence-corrected chi connectivity index (χ0v) is 36.9. The van der Waals surface area contributed by atoms with Gasteiger partial charge in [0, 0.05) is 38.2 Å². The summed E-state index contributed by atoms with van der Waals surface area (Å²) in [5.74, 6) is 1.78. The number of benzene rings is 10. The zero-order valence-electron chi connectivity index (χ0n) is 36.9. The average molecular weight is 868 g/mol. The Balaban J connectivity index is 1.05. The second kappa shape index (κ2) is 16.4. The summed E-state index contributed by atoms with van der Waals surface area (Å²) in [6, 6.07) is 88.4. The van der Waals surface area contributed by atoms with Crippen molar-refractivity contribution < 1.29 is 0 Å². The summed E-state index contributed by atoms with van der Waals surface area (Å²) in [6.45, 7) is 0. The predicted molar refractivity (Wildman–Crippen MR) is 281 cm³/mol. The van der Waals surface area contributed by atoms with Gasteiger partial charge in [-0.1, -0.05) is 206 Å². The second-order valence-electron chi connectivity index (χ2n) is 17.2. The van der Waals surface area contributed by atoms with Gasteiger partial charge in [-0.05, 0) is 81.4 Å². The van der Waals surface area contributed by atoms with E-state index in [2.05, 4.69) is 234 Å². The standard InChI is InChI=1S/C63H41N5/c1-5-18-42(19-6-1)45-32-34-46(35-33-45)53-39-49(44-22-9-3-10-23-44)36-37-58(53)67-56-30-15-13-28-51(56)54-41-60-55(40-59(54)67)52-29-14-16-31-57(52)68(60)63-65-61(47-24-11-4-12-25-47)64-62(66-63)50-27-17-26-48(38-50)43-20-7-2-8-21-43/h1-41H. The topological polar surface area (TPSA) is 48.5 Å². The molecule has 0 aliphatic carbocycles. The Bertz CT molecular complexity index is 3990. The van der Waals surface area contributed by atoms with Crippen molar-refractivity contribution in [3.8, 4) is 78.9 Å². The van der Waals surface area contributed by atoms with Crippen LogP contribution in [0, 0.1) is 0 Å². The molecule has 5 heteroatoms. The van der Waals surface area contributed by atoms with E-state index in [1.807, 2.05) is 24.3 Å². The second-order valence-corrected chi connectivity index (χ2v) is 17.2. The molecule has 0 aliphatic rings. The highest BCUT2D eigenvalue weighted by atomic mass is 15.2. The van der Waals surface area contributed by atoms with Gasteiger partial charge < -0.3 is 4.57 Å². The molecule has 3 aromatic heterocycles. The molecule has 0 amide bonds. The normalized spacial score (nSPS) is 11.5. The summed E-state index contributed by atoms with van der Waals surface area (Å²) in [5.41, 5.74) is 16.5. The van der Waals surface area contributed by atoms with E-state index in [0.717, 1.165) is 82.7 Å². The fraction of sp³-hybridized carbons (Fsp3) is 0. The first-order chi connectivity index (χ1) is 33.7. The Morgan fingerprint density at radius 3 is 1.25 bits per heavy atom. The molecular formula is C63H41N5. The maximum Gasteiger partial charge on any atom is 0.238 e. The Hall–Kier alpha value is -9.19. The molecule has 0 fully saturated rings. The third-order valence-corrected chi connectivity index (χ3v) is 13.2. The number of hydrogen-bond acceptors (Lipinski definition) is 3. The van der Waals surface area contributed by atoms with Gasteiger partial charge in [0.15, 0.2) is 11.6 Å². The summed E-state index contributed by atoms with van der Waals surface area (Å²) in [4.78, 5) is 15.8. The molecule has 0 unspecified atom stereocenters. The lowest BCUT2D eigenvalue weighted by molar-refractivity contribution is 0.954. The molecule has 0 radical (unpaired) electrons. The van der Waals surface area contributed by atoms with Crippen LogP contribution in [0.1, 0.15) is 0 Å². The Morgan fingerprint density at radius 2 is 0.647 bits per heavy atom. The number of hydrogen-bond donors (Lipinski definition) is 0. The summed E-state index contributed by atoms with van der Waals surface area (Å²) < 4.78 is 4.68. The van der Waals surface area contributed by atoms with Gasteiger partial charge in [0.05, 0.1) is 27.8 Å². The Morgan fingerprint density at radius 1 is 0.235 bits per heavy atom. The molecule has 0 saturated heterocycles. The molecule has 0 bridgehead atoms. The third kappa shape index (κ3) is 6.76. The smallest absolute Gasteiger partial charge is 0.238 e. The molecule has 0 saturated carbocycles. The number of aromatic nitrogens is 5. The van der Waals surface area contributed by atoms with Crippen molar-refractivity contribution in [1.29, 1.82) is 0 Å². The van der Waals surface area contributed by atoms with E-state index in [0.29, 0.717) is 17.6 Å². The first-order valence-corrected chi connectivity index (χ1v) is 23.0. The minimum Gasteiger partial charge on any atom is -0.309 e. The maximum absolute atomic E-state index is 5.34. The molecule has 3 heterocycles. The zero-order chi connectivity index (χ0) is 45.0. The minimum atomic E-state index is 0.561. The van der Waals surface area contributed by atoms with E-state index in [-0.39, 0.29) is 0 Å². The molecule has 13 aromatic rings. The van der Waals surface area contributed by atoms with Gasteiger partial charge in [0.1, 0.15) is 0 Å². The number of nitrogens with zero attached hydrogens (tertiary/aromatic N) is 5. The quantitative estimate of drug-likeness (QED) is 0.153. The van der Waals surface area contributed by atoms with Crippen LogP contribution in [0.25, 0.3) is 123 Å². The lowest BCUT2D eigenvalue weighted by Crippen LogP contribution is -2.06. The van der Waals surface area contributed by atoms with E-state index < -0.39 is 0 Å². The highest BCUT2D eigenvalue weighted by Gasteiger charge is 2.23. The molecule has 0 N–H and O–H groups in total. The summed E-state index contributed by atoms with van der Waals surface area (Å²) in [6.07, 6.45) is 0. The summed E-state index contributed by atoms with van der Waals surface area (Å²) >= 11 is 0. The van der Waals surface area contributed by atoms with Gasteiger partial charge in [0.25, 0.3) is 0 Å². The van der Waals surface area contributed by atoms with Gasteiger partial charge in [-0.3, -0.25) is 4.57 Å². The van der Waals surface area contributed by atoms with Crippen LogP contribution in [0.5, 0.6) is 0 Å². The van der Waals surface area contributed by atoms with Gasteiger partial charge in [0.2, 0.25) is 5.95 Å².